The van der Waals surface area contributed by atoms with Gasteiger partial charge in [-0.25, -0.2) is 0 Å². The molecule has 1 amide bonds. The summed E-state index contributed by atoms with van der Waals surface area (Å²) in [5, 5.41) is 8.46. The lowest BCUT2D eigenvalue weighted by atomic mass is 10.1. The fourth-order valence-corrected chi connectivity index (χ4v) is 4.50. The predicted molar refractivity (Wildman–Crippen MR) is 110 cm³/mol. The summed E-state index contributed by atoms with van der Waals surface area (Å²) in [6.07, 6.45) is -3.85. The standard InChI is InChI=1S/C21H19F3N4O2S/c1-27-11-10-17(19(27)29)31-20-26-25-18(13-6-8-16(30-2)9-7-13)28(20)15-5-3-4-14(12-15)21(22,23)24/h3-9,12,17H,10-11H2,1-2H3. The third-order valence-corrected chi connectivity index (χ3v) is 6.24. The Bertz CT molecular complexity index is 1100. The van der Waals surface area contributed by atoms with Crippen LogP contribution in [0.3, 0.4) is 0 Å². The Morgan fingerprint density at radius 2 is 1.87 bits per heavy atom. The van der Waals surface area contributed by atoms with Gasteiger partial charge >= 0.3 is 6.18 Å². The highest BCUT2D eigenvalue weighted by molar-refractivity contribution is 8.00. The highest BCUT2D eigenvalue weighted by atomic mass is 32.2. The second kappa shape index (κ2) is 8.26. The molecular weight excluding hydrogens is 429 g/mol. The lowest BCUT2D eigenvalue weighted by Gasteiger charge is -2.15. The molecule has 1 aliphatic rings. The van der Waals surface area contributed by atoms with Crippen molar-refractivity contribution in [1.82, 2.24) is 19.7 Å². The molecule has 0 bridgehead atoms. The molecule has 1 aromatic heterocycles. The molecule has 10 heteroatoms. The van der Waals surface area contributed by atoms with Gasteiger partial charge in [-0.3, -0.25) is 9.36 Å². The van der Waals surface area contributed by atoms with Gasteiger partial charge in [0.15, 0.2) is 11.0 Å². The first-order valence-corrected chi connectivity index (χ1v) is 10.3. The van der Waals surface area contributed by atoms with E-state index in [2.05, 4.69) is 10.2 Å². The van der Waals surface area contributed by atoms with Crippen LogP contribution >= 0.6 is 11.8 Å². The smallest absolute Gasteiger partial charge is 0.416 e. The molecule has 1 saturated heterocycles. The molecule has 1 fully saturated rings. The molecule has 0 N–H and O–H groups in total. The number of halogens is 3. The first-order valence-electron chi connectivity index (χ1n) is 9.47. The van der Waals surface area contributed by atoms with Gasteiger partial charge in [0.05, 0.1) is 23.6 Å². The Kier molecular flexibility index (Phi) is 5.65. The number of hydrogen-bond donors (Lipinski definition) is 0. The van der Waals surface area contributed by atoms with Gasteiger partial charge in [-0.15, -0.1) is 10.2 Å². The Morgan fingerprint density at radius 3 is 2.48 bits per heavy atom. The van der Waals surface area contributed by atoms with Gasteiger partial charge in [0, 0.05) is 19.2 Å². The van der Waals surface area contributed by atoms with E-state index in [0.29, 0.717) is 35.3 Å². The molecule has 4 rings (SSSR count). The van der Waals surface area contributed by atoms with Crippen LogP contribution in [0.5, 0.6) is 5.75 Å². The van der Waals surface area contributed by atoms with Gasteiger partial charge in [0.2, 0.25) is 5.91 Å². The van der Waals surface area contributed by atoms with Crippen LogP contribution < -0.4 is 4.74 Å². The molecule has 0 aliphatic carbocycles. The number of benzene rings is 2. The Labute approximate surface area is 181 Å². The minimum absolute atomic E-state index is 0.0328. The minimum atomic E-state index is -4.48. The first kappa shape index (κ1) is 21.2. The number of aromatic nitrogens is 3. The van der Waals surface area contributed by atoms with Gasteiger partial charge < -0.3 is 9.64 Å². The van der Waals surface area contributed by atoms with Crippen molar-refractivity contribution in [3.05, 3.63) is 54.1 Å². The topological polar surface area (TPSA) is 60.3 Å². The molecular formula is C21H19F3N4O2S. The number of amides is 1. The number of likely N-dealkylation sites (tertiary alicyclic amines) is 1. The van der Waals surface area contributed by atoms with E-state index in [1.807, 2.05) is 0 Å². The van der Waals surface area contributed by atoms with Crippen molar-refractivity contribution in [2.24, 2.45) is 0 Å². The number of carbonyl (C=O) groups excluding carboxylic acids is 1. The van der Waals surface area contributed by atoms with Crippen LogP contribution in [-0.4, -0.2) is 51.5 Å². The number of nitrogens with zero attached hydrogens (tertiary/aromatic N) is 4. The molecule has 1 aliphatic heterocycles. The summed E-state index contributed by atoms with van der Waals surface area (Å²) in [6, 6.07) is 12.0. The molecule has 6 nitrogen and oxygen atoms in total. The van der Waals surface area contributed by atoms with E-state index in [1.54, 1.807) is 54.0 Å². The fourth-order valence-electron chi connectivity index (χ4n) is 3.35. The largest absolute Gasteiger partial charge is 0.497 e. The second-order valence-electron chi connectivity index (χ2n) is 7.07. The maximum Gasteiger partial charge on any atom is 0.416 e. The van der Waals surface area contributed by atoms with Crippen LogP contribution in [0.25, 0.3) is 17.1 Å². The molecule has 2 aromatic carbocycles. The van der Waals surface area contributed by atoms with Crippen molar-refractivity contribution in [2.75, 3.05) is 20.7 Å². The number of thioether (sulfide) groups is 1. The van der Waals surface area contributed by atoms with Gasteiger partial charge in [-0.1, -0.05) is 17.8 Å². The first-order chi connectivity index (χ1) is 14.8. The molecule has 31 heavy (non-hydrogen) atoms. The lowest BCUT2D eigenvalue weighted by Crippen LogP contribution is -2.24. The number of rotatable bonds is 5. The van der Waals surface area contributed by atoms with Gasteiger partial charge in [0.25, 0.3) is 0 Å². The maximum absolute atomic E-state index is 13.3. The average Bonchev–Trinajstić information content (AvgIpc) is 3.32. The Hall–Kier alpha value is -3.01. The molecule has 162 valence electrons. The van der Waals surface area contributed by atoms with Crippen molar-refractivity contribution in [3.63, 3.8) is 0 Å². The highest BCUT2D eigenvalue weighted by Crippen LogP contribution is 2.36. The van der Waals surface area contributed by atoms with Gasteiger partial charge in [0.1, 0.15) is 5.75 Å². The van der Waals surface area contributed by atoms with E-state index in [1.165, 1.54) is 17.8 Å². The zero-order valence-corrected chi connectivity index (χ0v) is 17.6. The normalized spacial score (nSPS) is 16.7. The third-order valence-electron chi connectivity index (χ3n) is 5.04. The fraction of sp³-hybridized carbons (Fsp3) is 0.286. The summed E-state index contributed by atoms with van der Waals surface area (Å²) in [4.78, 5) is 14.0. The number of carbonyl (C=O) groups is 1. The van der Waals surface area contributed by atoms with Crippen LogP contribution in [0.15, 0.2) is 53.7 Å². The molecule has 1 atom stereocenters. The van der Waals surface area contributed by atoms with Crippen molar-refractivity contribution in [1.29, 1.82) is 0 Å². The summed E-state index contributed by atoms with van der Waals surface area (Å²) >= 11 is 1.21. The van der Waals surface area contributed by atoms with E-state index in [4.69, 9.17) is 4.74 Å². The SMILES string of the molecule is COc1ccc(-c2nnc(SC3CCN(C)C3=O)n2-c2cccc(C(F)(F)F)c2)cc1. The number of hydrogen-bond acceptors (Lipinski definition) is 5. The second-order valence-corrected chi connectivity index (χ2v) is 8.24. The number of methoxy groups -OCH3 is 1. The minimum Gasteiger partial charge on any atom is -0.497 e. The molecule has 1 unspecified atom stereocenters. The summed E-state index contributed by atoms with van der Waals surface area (Å²) in [6.45, 7) is 0.625. The van der Waals surface area contributed by atoms with E-state index >= 15 is 0 Å². The van der Waals surface area contributed by atoms with Crippen molar-refractivity contribution >= 4 is 17.7 Å². The summed E-state index contributed by atoms with van der Waals surface area (Å²) < 4.78 is 46.7. The zero-order valence-electron chi connectivity index (χ0n) is 16.8. The Balaban J connectivity index is 1.81. The van der Waals surface area contributed by atoms with E-state index in [9.17, 15) is 18.0 Å². The van der Waals surface area contributed by atoms with Crippen LogP contribution in [0.2, 0.25) is 0 Å². The van der Waals surface area contributed by atoms with Crippen LogP contribution in [0.4, 0.5) is 13.2 Å². The van der Waals surface area contributed by atoms with E-state index < -0.39 is 11.7 Å². The zero-order chi connectivity index (χ0) is 22.2. The van der Waals surface area contributed by atoms with Crippen molar-refractivity contribution < 1.29 is 22.7 Å². The highest BCUT2D eigenvalue weighted by Gasteiger charge is 2.33. The predicted octanol–water partition coefficient (Wildman–Crippen LogP) is 4.28. The molecule has 0 radical (unpaired) electrons. The Morgan fingerprint density at radius 1 is 1.13 bits per heavy atom. The average molecular weight is 448 g/mol. The monoisotopic (exact) mass is 448 g/mol. The molecule has 3 aromatic rings. The van der Waals surface area contributed by atoms with Crippen molar-refractivity contribution in [3.8, 4) is 22.8 Å². The maximum atomic E-state index is 13.3. The van der Waals surface area contributed by atoms with Crippen LogP contribution in [-0.2, 0) is 11.0 Å². The van der Waals surface area contributed by atoms with Crippen LogP contribution in [0.1, 0.15) is 12.0 Å². The van der Waals surface area contributed by atoms with Crippen molar-refractivity contribution in [2.45, 2.75) is 23.0 Å². The van der Waals surface area contributed by atoms with Crippen LogP contribution in [0, 0.1) is 0 Å². The summed E-state index contributed by atoms with van der Waals surface area (Å²) in [5.74, 6) is 0.987. The summed E-state index contributed by atoms with van der Waals surface area (Å²) in [7, 11) is 3.27. The van der Waals surface area contributed by atoms with E-state index in [0.717, 1.165) is 12.1 Å². The molecule has 0 saturated carbocycles. The van der Waals surface area contributed by atoms with E-state index in [-0.39, 0.29) is 16.8 Å². The summed E-state index contributed by atoms with van der Waals surface area (Å²) in [5.41, 5.74) is 0.159. The molecule has 2 heterocycles. The van der Waals surface area contributed by atoms with Gasteiger partial charge in [-0.2, -0.15) is 13.2 Å². The molecule has 0 spiro atoms. The number of ether oxygens (including phenoxy) is 1. The third kappa shape index (κ3) is 4.25. The van der Waals surface area contributed by atoms with Gasteiger partial charge in [-0.05, 0) is 48.9 Å². The lowest BCUT2D eigenvalue weighted by molar-refractivity contribution is -0.137. The quantitative estimate of drug-likeness (QED) is 0.583. The number of alkyl halides is 3.